The van der Waals surface area contributed by atoms with E-state index < -0.39 is 0 Å². The molecule has 5 heteroatoms. The maximum atomic E-state index is 12.2. The Labute approximate surface area is 137 Å². The number of amides is 1. The van der Waals surface area contributed by atoms with Gasteiger partial charge < -0.3 is 10.2 Å². The lowest BCUT2D eigenvalue weighted by molar-refractivity contribution is -0.129. The van der Waals surface area contributed by atoms with Crippen molar-refractivity contribution in [2.75, 3.05) is 18.0 Å². The van der Waals surface area contributed by atoms with E-state index in [1.807, 2.05) is 39.0 Å². The van der Waals surface area contributed by atoms with Crippen LogP contribution in [0.3, 0.4) is 0 Å². The second-order valence-electron chi connectivity index (χ2n) is 7.22. The number of hydrogen-bond donors (Lipinski definition) is 1. The minimum Gasteiger partial charge on any atom is -0.354 e. The molecule has 0 saturated carbocycles. The van der Waals surface area contributed by atoms with Gasteiger partial charge in [-0.25, -0.2) is 9.97 Å². The van der Waals surface area contributed by atoms with Crippen LogP contribution in [0.25, 0.3) is 10.9 Å². The number of hydrogen-bond acceptors (Lipinski definition) is 4. The second-order valence-corrected chi connectivity index (χ2v) is 7.22. The van der Waals surface area contributed by atoms with Crippen LogP contribution in [0.4, 0.5) is 5.82 Å². The number of nitrogens with zero attached hydrogens (tertiary/aromatic N) is 3. The number of carbonyl (C=O) groups excluding carboxylic acids is 1. The van der Waals surface area contributed by atoms with Crippen molar-refractivity contribution in [1.82, 2.24) is 15.3 Å². The van der Waals surface area contributed by atoms with Crippen LogP contribution in [-0.4, -0.2) is 35.0 Å². The summed E-state index contributed by atoms with van der Waals surface area (Å²) in [7, 11) is 0. The van der Waals surface area contributed by atoms with Gasteiger partial charge >= 0.3 is 0 Å². The van der Waals surface area contributed by atoms with Gasteiger partial charge in [-0.3, -0.25) is 4.79 Å². The molecule has 1 unspecified atom stereocenters. The first-order valence-corrected chi connectivity index (χ1v) is 8.21. The zero-order valence-corrected chi connectivity index (χ0v) is 14.0. The normalized spacial score (nSPS) is 18.9. The van der Waals surface area contributed by atoms with Crippen molar-refractivity contribution in [1.29, 1.82) is 0 Å². The molecule has 1 amide bonds. The molecule has 1 aliphatic rings. The Morgan fingerprint density at radius 1 is 1.26 bits per heavy atom. The summed E-state index contributed by atoms with van der Waals surface area (Å²) >= 11 is 0. The largest absolute Gasteiger partial charge is 0.354 e. The molecule has 122 valence electrons. The van der Waals surface area contributed by atoms with Gasteiger partial charge in [0.05, 0.1) is 5.52 Å². The Hall–Kier alpha value is -2.17. The molecule has 1 aliphatic heterocycles. The molecule has 1 fully saturated rings. The van der Waals surface area contributed by atoms with Crippen LogP contribution in [0, 0.1) is 5.41 Å². The third kappa shape index (κ3) is 3.44. The van der Waals surface area contributed by atoms with Gasteiger partial charge in [-0.1, -0.05) is 32.9 Å². The number of para-hydroxylation sites is 1. The Bertz CT molecular complexity index is 702. The molecular weight excluding hydrogens is 288 g/mol. The maximum absolute atomic E-state index is 12.2. The van der Waals surface area contributed by atoms with Gasteiger partial charge in [0.2, 0.25) is 5.91 Å². The summed E-state index contributed by atoms with van der Waals surface area (Å²) in [6.45, 7) is 7.59. The fourth-order valence-electron chi connectivity index (χ4n) is 2.93. The number of rotatable bonds is 2. The number of fused-ring (bicyclic) bond motifs is 1. The van der Waals surface area contributed by atoms with Crippen LogP contribution < -0.4 is 10.2 Å². The Balaban J connectivity index is 1.79. The van der Waals surface area contributed by atoms with Gasteiger partial charge in [0, 0.05) is 29.9 Å². The van der Waals surface area contributed by atoms with Gasteiger partial charge in [-0.15, -0.1) is 0 Å². The number of carbonyl (C=O) groups is 1. The van der Waals surface area contributed by atoms with E-state index in [4.69, 9.17) is 0 Å². The van der Waals surface area contributed by atoms with Crippen LogP contribution in [0.5, 0.6) is 0 Å². The molecule has 1 saturated heterocycles. The maximum Gasteiger partial charge on any atom is 0.225 e. The summed E-state index contributed by atoms with van der Waals surface area (Å²) in [5.41, 5.74) is 0.600. The minimum absolute atomic E-state index is 0.108. The van der Waals surface area contributed by atoms with Gasteiger partial charge in [0.1, 0.15) is 12.1 Å². The fraction of sp³-hybridized carbons (Fsp3) is 0.500. The number of nitrogens with one attached hydrogen (secondary N) is 1. The standard InChI is InChI=1S/C18H24N4O/c1-18(2,3)17(23)21-13-7-6-10-22(11-13)16-14-8-4-5-9-15(14)19-12-20-16/h4-5,8-9,12-13H,6-7,10-11H2,1-3H3,(H,21,23). The second kappa shape index (κ2) is 6.14. The summed E-state index contributed by atoms with van der Waals surface area (Å²) in [6, 6.07) is 8.23. The predicted molar refractivity (Wildman–Crippen MR) is 92.4 cm³/mol. The topological polar surface area (TPSA) is 58.1 Å². The van der Waals surface area contributed by atoms with E-state index in [1.54, 1.807) is 6.33 Å². The van der Waals surface area contributed by atoms with Crippen molar-refractivity contribution in [3.05, 3.63) is 30.6 Å². The molecule has 1 atom stereocenters. The first-order chi connectivity index (χ1) is 10.9. The number of piperidine rings is 1. The lowest BCUT2D eigenvalue weighted by Crippen LogP contribution is -2.50. The van der Waals surface area contributed by atoms with E-state index in [1.165, 1.54) is 0 Å². The molecule has 1 N–H and O–H groups in total. The molecule has 2 aromatic rings. The first kappa shape index (κ1) is 15.7. The van der Waals surface area contributed by atoms with E-state index >= 15 is 0 Å². The number of benzene rings is 1. The van der Waals surface area contributed by atoms with Crippen LogP contribution in [0.2, 0.25) is 0 Å². The Kier molecular flexibility index (Phi) is 4.20. The van der Waals surface area contributed by atoms with Crippen molar-refractivity contribution >= 4 is 22.6 Å². The van der Waals surface area contributed by atoms with E-state index in [2.05, 4.69) is 26.3 Å². The highest BCUT2D eigenvalue weighted by molar-refractivity contribution is 5.89. The Morgan fingerprint density at radius 3 is 2.83 bits per heavy atom. The molecule has 2 heterocycles. The molecule has 5 nitrogen and oxygen atoms in total. The first-order valence-electron chi connectivity index (χ1n) is 8.21. The van der Waals surface area contributed by atoms with E-state index in [0.717, 1.165) is 42.7 Å². The van der Waals surface area contributed by atoms with Crippen molar-refractivity contribution in [3.63, 3.8) is 0 Å². The molecule has 0 bridgehead atoms. The molecule has 0 spiro atoms. The third-order valence-electron chi connectivity index (χ3n) is 4.26. The van der Waals surface area contributed by atoms with Gasteiger partial charge in [0.15, 0.2) is 0 Å². The number of anilines is 1. The SMILES string of the molecule is CC(C)(C)C(=O)NC1CCCN(c2ncnc3ccccc23)C1. The number of aromatic nitrogens is 2. The molecule has 0 aliphatic carbocycles. The third-order valence-corrected chi connectivity index (χ3v) is 4.26. The lowest BCUT2D eigenvalue weighted by atomic mass is 9.94. The smallest absolute Gasteiger partial charge is 0.225 e. The Morgan fingerprint density at radius 2 is 2.04 bits per heavy atom. The summed E-state index contributed by atoms with van der Waals surface area (Å²) in [6.07, 6.45) is 3.68. The van der Waals surface area contributed by atoms with Crippen molar-refractivity contribution < 1.29 is 4.79 Å². The van der Waals surface area contributed by atoms with Crippen LogP contribution >= 0.6 is 0 Å². The van der Waals surface area contributed by atoms with Crippen LogP contribution in [0.1, 0.15) is 33.6 Å². The van der Waals surface area contributed by atoms with E-state index in [0.29, 0.717) is 0 Å². The highest BCUT2D eigenvalue weighted by atomic mass is 16.2. The van der Waals surface area contributed by atoms with Crippen molar-refractivity contribution in [2.45, 2.75) is 39.7 Å². The monoisotopic (exact) mass is 312 g/mol. The highest BCUT2D eigenvalue weighted by Crippen LogP contribution is 2.25. The quantitative estimate of drug-likeness (QED) is 0.926. The predicted octanol–water partition coefficient (Wildman–Crippen LogP) is 2.76. The summed E-state index contributed by atoms with van der Waals surface area (Å²) < 4.78 is 0. The minimum atomic E-state index is -0.357. The molecule has 0 radical (unpaired) electrons. The molecular formula is C18H24N4O. The van der Waals surface area contributed by atoms with Gasteiger partial charge in [0.25, 0.3) is 0 Å². The molecule has 3 rings (SSSR count). The summed E-state index contributed by atoms with van der Waals surface area (Å²) in [4.78, 5) is 23.3. The van der Waals surface area contributed by atoms with Gasteiger partial charge in [-0.05, 0) is 25.0 Å². The van der Waals surface area contributed by atoms with Crippen LogP contribution in [-0.2, 0) is 4.79 Å². The van der Waals surface area contributed by atoms with Gasteiger partial charge in [-0.2, -0.15) is 0 Å². The summed E-state index contributed by atoms with van der Waals surface area (Å²) in [5.74, 6) is 1.07. The zero-order chi connectivity index (χ0) is 16.4. The highest BCUT2D eigenvalue weighted by Gasteiger charge is 2.27. The fourth-order valence-corrected chi connectivity index (χ4v) is 2.93. The zero-order valence-electron chi connectivity index (χ0n) is 14.0. The average Bonchev–Trinajstić information content (AvgIpc) is 2.53. The van der Waals surface area contributed by atoms with Crippen LogP contribution in [0.15, 0.2) is 30.6 Å². The summed E-state index contributed by atoms with van der Waals surface area (Å²) in [5, 5.41) is 4.25. The average molecular weight is 312 g/mol. The lowest BCUT2D eigenvalue weighted by Gasteiger charge is -2.35. The van der Waals surface area contributed by atoms with Crippen molar-refractivity contribution in [2.24, 2.45) is 5.41 Å². The van der Waals surface area contributed by atoms with Crippen molar-refractivity contribution in [3.8, 4) is 0 Å². The molecule has 23 heavy (non-hydrogen) atoms. The van der Waals surface area contributed by atoms with E-state index in [-0.39, 0.29) is 17.4 Å². The molecule has 1 aromatic carbocycles. The van der Waals surface area contributed by atoms with E-state index in [9.17, 15) is 4.79 Å². The molecule has 1 aromatic heterocycles.